The number of ether oxygens (including phenoxy) is 1. The molecule has 3 aromatic rings. The molecular weight excluding hydrogens is 268 g/mol. The van der Waals surface area contributed by atoms with Crippen LogP contribution in [0.25, 0.3) is 5.65 Å². The molecular formula is C16H14N2O3. The van der Waals surface area contributed by atoms with Crippen LogP contribution in [0, 0.1) is 0 Å². The fourth-order valence-electron chi connectivity index (χ4n) is 2.29. The third-order valence-electron chi connectivity index (χ3n) is 3.23. The number of fused-ring (bicyclic) bond motifs is 1. The first-order valence-corrected chi connectivity index (χ1v) is 6.50. The third kappa shape index (κ3) is 2.58. The van der Waals surface area contributed by atoms with Crippen LogP contribution in [0.15, 0.2) is 48.8 Å². The van der Waals surface area contributed by atoms with Crippen LogP contribution in [-0.4, -0.2) is 27.6 Å². The summed E-state index contributed by atoms with van der Waals surface area (Å²) < 4.78 is 6.56. The van der Waals surface area contributed by atoms with Gasteiger partial charge in [0.1, 0.15) is 11.3 Å². The number of methoxy groups -OCH3 is 1. The first kappa shape index (κ1) is 13.2. The predicted molar refractivity (Wildman–Crippen MR) is 77.4 cm³/mol. The number of esters is 1. The number of hydrogen-bond donors (Lipinski definition) is 1. The second kappa shape index (κ2) is 5.28. The number of phenols is 1. The van der Waals surface area contributed by atoms with Gasteiger partial charge in [-0.15, -0.1) is 0 Å². The van der Waals surface area contributed by atoms with Crippen molar-refractivity contribution in [2.75, 3.05) is 7.11 Å². The van der Waals surface area contributed by atoms with Gasteiger partial charge in [0.2, 0.25) is 0 Å². The van der Waals surface area contributed by atoms with Gasteiger partial charge in [0, 0.05) is 18.8 Å². The Balaban J connectivity index is 1.99. The Bertz CT molecular complexity index is 808. The van der Waals surface area contributed by atoms with Crippen LogP contribution in [0.4, 0.5) is 0 Å². The lowest BCUT2D eigenvalue weighted by atomic mass is 10.1. The summed E-state index contributed by atoms with van der Waals surface area (Å²) >= 11 is 0. The smallest absolute Gasteiger partial charge is 0.341 e. The number of aromatic hydroxyl groups is 1. The molecule has 0 aliphatic carbocycles. The average Bonchev–Trinajstić information content (AvgIpc) is 2.88. The topological polar surface area (TPSA) is 63.8 Å². The lowest BCUT2D eigenvalue weighted by Crippen LogP contribution is -2.03. The fourth-order valence-corrected chi connectivity index (χ4v) is 2.29. The Morgan fingerprint density at radius 3 is 2.95 bits per heavy atom. The van der Waals surface area contributed by atoms with Crippen molar-refractivity contribution in [1.29, 1.82) is 0 Å². The summed E-state index contributed by atoms with van der Waals surface area (Å²) in [6, 6.07) is 10.5. The van der Waals surface area contributed by atoms with E-state index in [-0.39, 0.29) is 5.75 Å². The van der Waals surface area contributed by atoms with E-state index >= 15 is 0 Å². The zero-order valence-electron chi connectivity index (χ0n) is 11.5. The molecule has 2 aromatic heterocycles. The summed E-state index contributed by atoms with van der Waals surface area (Å²) in [7, 11) is 1.35. The lowest BCUT2D eigenvalue weighted by Gasteiger charge is -2.00. The van der Waals surface area contributed by atoms with Crippen LogP contribution >= 0.6 is 0 Å². The lowest BCUT2D eigenvalue weighted by molar-refractivity contribution is 0.0602. The van der Waals surface area contributed by atoms with Gasteiger partial charge in [-0.25, -0.2) is 9.78 Å². The Hall–Kier alpha value is -2.82. The number of aromatic nitrogens is 2. The van der Waals surface area contributed by atoms with Crippen LogP contribution in [0.5, 0.6) is 5.75 Å². The van der Waals surface area contributed by atoms with E-state index in [1.165, 1.54) is 7.11 Å². The molecule has 0 saturated heterocycles. The molecule has 0 spiro atoms. The summed E-state index contributed by atoms with van der Waals surface area (Å²) in [5.41, 5.74) is 2.77. The van der Waals surface area contributed by atoms with Crippen LogP contribution in [0.2, 0.25) is 0 Å². The molecule has 1 N–H and O–H groups in total. The van der Waals surface area contributed by atoms with Gasteiger partial charge in [0.25, 0.3) is 0 Å². The standard InChI is InChI=1S/C16H14N2O3/c1-21-16(20)14-6-3-7-18-10-12(17-15(14)18)8-11-4-2-5-13(19)9-11/h2-7,9-10,19H,8H2,1H3. The van der Waals surface area contributed by atoms with Crippen LogP contribution in [0.3, 0.4) is 0 Å². The van der Waals surface area contributed by atoms with E-state index in [1.54, 1.807) is 34.7 Å². The van der Waals surface area contributed by atoms with Crippen molar-refractivity contribution in [3.05, 3.63) is 65.6 Å². The Morgan fingerprint density at radius 2 is 2.19 bits per heavy atom. The SMILES string of the molecule is COC(=O)c1cccn2cc(Cc3cccc(O)c3)nc12. The normalized spacial score (nSPS) is 10.7. The highest BCUT2D eigenvalue weighted by atomic mass is 16.5. The van der Waals surface area contributed by atoms with E-state index in [0.29, 0.717) is 17.6 Å². The monoisotopic (exact) mass is 282 g/mol. The van der Waals surface area contributed by atoms with Gasteiger partial charge < -0.3 is 14.2 Å². The van der Waals surface area contributed by atoms with Crippen molar-refractivity contribution < 1.29 is 14.6 Å². The molecule has 0 amide bonds. The van der Waals surface area contributed by atoms with Gasteiger partial charge in [-0.3, -0.25) is 0 Å². The van der Waals surface area contributed by atoms with Gasteiger partial charge in [-0.05, 0) is 29.8 Å². The summed E-state index contributed by atoms with van der Waals surface area (Å²) in [5, 5.41) is 9.49. The molecule has 0 unspecified atom stereocenters. The van der Waals surface area contributed by atoms with E-state index in [9.17, 15) is 9.90 Å². The van der Waals surface area contributed by atoms with E-state index in [2.05, 4.69) is 4.98 Å². The van der Waals surface area contributed by atoms with E-state index in [1.807, 2.05) is 18.5 Å². The average molecular weight is 282 g/mol. The number of pyridine rings is 1. The number of carbonyl (C=O) groups is 1. The van der Waals surface area contributed by atoms with Crippen LogP contribution in [0.1, 0.15) is 21.6 Å². The first-order valence-electron chi connectivity index (χ1n) is 6.50. The molecule has 0 saturated carbocycles. The van der Waals surface area contributed by atoms with E-state index in [0.717, 1.165) is 11.3 Å². The van der Waals surface area contributed by atoms with Crippen LogP contribution in [-0.2, 0) is 11.2 Å². The molecule has 0 fully saturated rings. The fraction of sp³-hybridized carbons (Fsp3) is 0.125. The minimum absolute atomic E-state index is 0.228. The summed E-state index contributed by atoms with van der Waals surface area (Å²) in [5.74, 6) is -0.179. The van der Waals surface area contributed by atoms with Crippen LogP contribution < -0.4 is 0 Å². The largest absolute Gasteiger partial charge is 0.508 e. The number of nitrogens with zero attached hydrogens (tertiary/aromatic N) is 2. The van der Waals surface area contributed by atoms with E-state index < -0.39 is 5.97 Å². The number of phenolic OH excluding ortho intramolecular Hbond substituents is 1. The number of benzene rings is 1. The molecule has 2 heterocycles. The number of hydrogen-bond acceptors (Lipinski definition) is 4. The maximum atomic E-state index is 11.7. The quantitative estimate of drug-likeness (QED) is 0.749. The van der Waals surface area contributed by atoms with Crippen molar-refractivity contribution in [3.63, 3.8) is 0 Å². The molecule has 0 atom stereocenters. The zero-order valence-corrected chi connectivity index (χ0v) is 11.5. The molecule has 106 valence electrons. The Morgan fingerprint density at radius 1 is 1.33 bits per heavy atom. The van der Waals surface area contributed by atoms with Gasteiger partial charge in [0.15, 0.2) is 5.65 Å². The summed E-state index contributed by atoms with van der Waals surface area (Å²) in [6.45, 7) is 0. The maximum absolute atomic E-state index is 11.7. The van der Waals surface area contributed by atoms with Gasteiger partial charge in [-0.1, -0.05) is 12.1 Å². The minimum atomic E-state index is -0.407. The number of imidazole rings is 1. The summed E-state index contributed by atoms with van der Waals surface area (Å²) in [4.78, 5) is 16.2. The predicted octanol–water partition coefficient (Wildman–Crippen LogP) is 2.42. The highest BCUT2D eigenvalue weighted by molar-refractivity contribution is 5.95. The second-order valence-corrected chi connectivity index (χ2v) is 4.72. The van der Waals surface area contributed by atoms with Crippen molar-refractivity contribution in [2.45, 2.75) is 6.42 Å². The molecule has 0 radical (unpaired) electrons. The third-order valence-corrected chi connectivity index (χ3v) is 3.23. The molecule has 21 heavy (non-hydrogen) atoms. The Kier molecular flexibility index (Phi) is 3.31. The molecule has 5 heteroatoms. The zero-order chi connectivity index (χ0) is 14.8. The van der Waals surface area contributed by atoms with Crippen molar-refractivity contribution in [1.82, 2.24) is 9.38 Å². The highest BCUT2D eigenvalue weighted by Crippen LogP contribution is 2.17. The minimum Gasteiger partial charge on any atom is -0.508 e. The van der Waals surface area contributed by atoms with Gasteiger partial charge in [0.05, 0.1) is 12.8 Å². The molecule has 0 aliphatic rings. The van der Waals surface area contributed by atoms with Crippen molar-refractivity contribution in [3.8, 4) is 5.75 Å². The van der Waals surface area contributed by atoms with Gasteiger partial charge >= 0.3 is 5.97 Å². The molecule has 5 nitrogen and oxygen atoms in total. The Labute approximate surface area is 121 Å². The maximum Gasteiger partial charge on any atom is 0.341 e. The van der Waals surface area contributed by atoms with Crippen molar-refractivity contribution >= 4 is 11.6 Å². The molecule has 0 aliphatic heterocycles. The summed E-state index contributed by atoms with van der Waals surface area (Å²) in [6.07, 6.45) is 4.28. The molecule has 3 rings (SSSR count). The highest BCUT2D eigenvalue weighted by Gasteiger charge is 2.13. The van der Waals surface area contributed by atoms with Gasteiger partial charge in [-0.2, -0.15) is 0 Å². The number of rotatable bonds is 3. The molecule has 1 aromatic carbocycles. The molecule has 0 bridgehead atoms. The van der Waals surface area contributed by atoms with Crippen molar-refractivity contribution in [2.24, 2.45) is 0 Å². The first-order chi connectivity index (χ1) is 10.2. The number of carbonyl (C=O) groups excluding carboxylic acids is 1. The second-order valence-electron chi connectivity index (χ2n) is 4.72. The van der Waals surface area contributed by atoms with E-state index in [4.69, 9.17) is 4.74 Å².